The standard InChI is InChI=1S/C2H7O4P.Na/c1-5-7(3,4)6-2;/h1-2H3,(H,3,4);/q;+1/p-1/i1+1,2+1;. The predicted octanol–water partition coefficient (Wildman–Crippen LogP) is -3.25. The number of rotatable bonds is 2. The number of phosphoric ester groups is 1. The van der Waals surface area contributed by atoms with E-state index in [9.17, 15) is 9.46 Å². The molecule has 0 N–H and O–H groups in total. The summed E-state index contributed by atoms with van der Waals surface area (Å²) in [6.07, 6.45) is 0. The van der Waals surface area contributed by atoms with E-state index in [0.717, 1.165) is 14.2 Å². The molecule has 0 aliphatic heterocycles. The maximum Gasteiger partial charge on any atom is 1.00 e. The molecular formula is C2H6NaO4P. The van der Waals surface area contributed by atoms with Gasteiger partial charge in [0, 0.05) is 14.2 Å². The first-order chi connectivity index (χ1) is 3.12. The molecule has 0 aromatic rings. The van der Waals surface area contributed by atoms with Crippen molar-refractivity contribution in [3.05, 3.63) is 0 Å². The Labute approximate surface area is 70.1 Å². The molecule has 0 spiro atoms. The maximum absolute atomic E-state index is 9.95. The summed E-state index contributed by atoms with van der Waals surface area (Å²) in [5.74, 6) is 0. The van der Waals surface area contributed by atoms with Gasteiger partial charge in [-0.2, -0.15) is 0 Å². The van der Waals surface area contributed by atoms with Crippen molar-refractivity contribution in [2.24, 2.45) is 0 Å². The monoisotopic (exact) mass is 150 g/mol. The van der Waals surface area contributed by atoms with E-state index in [4.69, 9.17) is 0 Å². The largest absolute Gasteiger partial charge is 1.00 e. The van der Waals surface area contributed by atoms with E-state index in [2.05, 4.69) is 9.05 Å². The third kappa shape index (κ3) is 5.25. The normalized spacial score (nSPS) is 10.4. The van der Waals surface area contributed by atoms with Crippen LogP contribution in [-0.4, -0.2) is 14.2 Å². The molecule has 0 aliphatic carbocycles. The van der Waals surface area contributed by atoms with Gasteiger partial charge in [0.2, 0.25) is 0 Å². The van der Waals surface area contributed by atoms with Gasteiger partial charge in [-0.3, -0.25) is 4.57 Å². The van der Waals surface area contributed by atoms with Crippen LogP contribution in [0, 0.1) is 0 Å². The van der Waals surface area contributed by atoms with Gasteiger partial charge in [0.1, 0.15) is 0 Å². The second-order valence-corrected chi connectivity index (χ2v) is 2.44. The van der Waals surface area contributed by atoms with Gasteiger partial charge in [-0.15, -0.1) is 0 Å². The molecule has 0 aliphatic rings. The van der Waals surface area contributed by atoms with E-state index in [-0.39, 0.29) is 29.6 Å². The molecule has 0 rings (SSSR count). The first kappa shape index (κ1) is 11.9. The number of hydrogen-bond donors (Lipinski definition) is 0. The van der Waals surface area contributed by atoms with E-state index < -0.39 is 7.82 Å². The van der Waals surface area contributed by atoms with Gasteiger partial charge in [0.15, 0.2) is 0 Å². The molecular weight excluding hydrogens is 144 g/mol. The summed E-state index contributed by atoms with van der Waals surface area (Å²) in [7, 11) is -1.83. The fourth-order valence-electron chi connectivity index (χ4n) is 0.0745. The smallest absolute Gasteiger partial charge is 0.756 e. The topological polar surface area (TPSA) is 58.6 Å². The van der Waals surface area contributed by atoms with Crippen molar-refractivity contribution in [1.29, 1.82) is 0 Å². The third-order valence-electron chi connectivity index (χ3n) is 0.447. The van der Waals surface area contributed by atoms with Crippen LogP contribution in [0.5, 0.6) is 0 Å². The quantitative estimate of drug-likeness (QED) is 0.235. The molecule has 0 saturated heterocycles. The van der Waals surface area contributed by atoms with E-state index in [1.165, 1.54) is 0 Å². The van der Waals surface area contributed by atoms with Gasteiger partial charge in [-0.25, -0.2) is 0 Å². The Hall–Kier alpha value is 1.11. The van der Waals surface area contributed by atoms with Crippen LogP contribution in [0.2, 0.25) is 0 Å². The van der Waals surface area contributed by atoms with Crippen molar-refractivity contribution in [3.8, 4) is 0 Å². The Morgan fingerprint density at radius 2 is 1.62 bits per heavy atom. The van der Waals surface area contributed by atoms with E-state index in [1.54, 1.807) is 0 Å². The second-order valence-electron chi connectivity index (χ2n) is 0.812. The van der Waals surface area contributed by atoms with Crippen molar-refractivity contribution in [2.45, 2.75) is 0 Å². The Balaban J connectivity index is 0. The molecule has 0 unspecified atom stereocenters. The Morgan fingerprint density at radius 1 is 1.38 bits per heavy atom. The Morgan fingerprint density at radius 3 is 1.62 bits per heavy atom. The van der Waals surface area contributed by atoms with Crippen LogP contribution >= 0.6 is 7.82 Å². The Bertz CT molecular complexity index is 86.0. The average Bonchev–Trinajstić information content (AvgIpc) is 1.68. The number of hydrogen-bond acceptors (Lipinski definition) is 4. The molecule has 44 valence electrons. The van der Waals surface area contributed by atoms with Crippen LogP contribution < -0.4 is 34.5 Å². The summed E-state index contributed by atoms with van der Waals surface area (Å²) in [5, 5.41) is 0. The van der Waals surface area contributed by atoms with Crippen LogP contribution in [0.4, 0.5) is 0 Å². The molecule has 0 aromatic heterocycles. The molecule has 0 atom stereocenters. The molecule has 0 amide bonds. The fraction of sp³-hybridized carbons (Fsp3) is 1.00. The summed E-state index contributed by atoms with van der Waals surface area (Å²) >= 11 is 0. The van der Waals surface area contributed by atoms with Crippen molar-refractivity contribution in [3.63, 3.8) is 0 Å². The first-order valence-corrected chi connectivity index (χ1v) is 3.01. The van der Waals surface area contributed by atoms with Gasteiger partial charge in [-0.05, 0) is 0 Å². The van der Waals surface area contributed by atoms with Gasteiger partial charge >= 0.3 is 29.6 Å². The van der Waals surface area contributed by atoms with Gasteiger partial charge < -0.3 is 13.9 Å². The summed E-state index contributed by atoms with van der Waals surface area (Å²) in [5.41, 5.74) is 0. The van der Waals surface area contributed by atoms with Crippen LogP contribution in [0.25, 0.3) is 0 Å². The molecule has 8 heavy (non-hydrogen) atoms. The summed E-state index contributed by atoms with van der Waals surface area (Å²) in [6, 6.07) is 0. The summed E-state index contributed by atoms with van der Waals surface area (Å²) < 4.78 is 17.7. The predicted molar refractivity (Wildman–Crippen MR) is 21.6 cm³/mol. The van der Waals surface area contributed by atoms with Gasteiger partial charge in [0.05, 0.1) is 0 Å². The third-order valence-corrected chi connectivity index (χ3v) is 1.34. The van der Waals surface area contributed by atoms with E-state index in [0.29, 0.717) is 0 Å². The number of phosphoric acid groups is 1. The molecule has 6 heteroatoms. The van der Waals surface area contributed by atoms with Crippen molar-refractivity contribution < 1.29 is 48.1 Å². The minimum absolute atomic E-state index is 0. The van der Waals surface area contributed by atoms with Crippen LogP contribution in [-0.2, 0) is 13.6 Å². The van der Waals surface area contributed by atoms with Crippen molar-refractivity contribution >= 4 is 7.82 Å². The fourth-order valence-corrected chi connectivity index (χ4v) is 0.224. The zero-order valence-electron chi connectivity index (χ0n) is 5.08. The van der Waals surface area contributed by atoms with Crippen molar-refractivity contribution in [2.75, 3.05) is 14.2 Å². The Kier molecular flexibility index (Phi) is 7.32. The summed E-state index contributed by atoms with van der Waals surface area (Å²) in [6.45, 7) is 0. The molecule has 0 saturated carbocycles. The minimum Gasteiger partial charge on any atom is -0.756 e. The van der Waals surface area contributed by atoms with Crippen molar-refractivity contribution in [1.82, 2.24) is 0 Å². The zero-order chi connectivity index (χ0) is 5.91. The van der Waals surface area contributed by atoms with E-state index >= 15 is 0 Å². The van der Waals surface area contributed by atoms with Gasteiger partial charge in [-0.1, -0.05) is 0 Å². The second kappa shape index (κ2) is 4.94. The molecule has 4 nitrogen and oxygen atoms in total. The van der Waals surface area contributed by atoms with Crippen LogP contribution in [0.1, 0.15) is 0 Å². The summed E-state index contributed by atoms with van der Waals surface area (Å²) in [4.78, 5) is 9.95. The molecule has 0 bridgehead atoms. The molecule has 0 aromatic carbocycles. The average molecular weight is 150 g/mol. The zero-order valence-corrected chi connectivity index (χ0v) is 7.97. The molecule has 0 heterocycles. The first-order valence-electron chi connectivity index (χ1n) is 1.55. The van der Waals surface area contributed by atoms with Gasteiger partial charge in [0.25, 0.3) is 7.82 Å². The SMILES string of the molecule is [13CH3]OP(=O)([O-])O[13CH3].[Na+]. The van der Waals surface area contributed by atoms with Crippen LogP contribution in [0.3, 0.4) is 0 Å². The van der Waals surface area contributed by atoms with Crippen LogP contribution in [0.15, 0.2) is 0 Å². The van der Waals surface area contributed by atoms with E-state index in [1.807, 2.05) is 0 Å². The maximum atomic E-state index is 9.95. The molecule has 0 fully saturated rings. The molecule has 0 radical (unpaired) electrons. The minimum atomic E-state index is -3.90.